The monoisotopic (exact) mass is 225 g/mol. The van der Waals surface area contributed by atoms with E-state index in [0.29, 0.717) is 11.8 Å². The normalized spacial score (nSPS) is 20.2. The second-order valence-corrected chi connectivity index (χ2v) is 4.62. The molecule has 1 aliphatic rings. The SMILES string of the molecule is CC(C)c1noc([C@@H](N)C2CCOCC2)n1. The molecule has 1 atom stereocenters. The van der Waals surface area contributed by atoms with Crippen molar-refractivity contribution in [3.63, 3.8) is 0 Å². The number of hydrogen-bond donors (Lipinski definition) is 1. The fourth-order valence-electron chi connectivity index (χ4n) is 1.89. The van der Waals surface area contributed by atoms with Gasteiger partial charge in [-0.1, -0.05) is 19.0 Å². The van der Waals surface area contributed by atoms with Gasteiger partial charge in [0.05, 0.1) is 6.04 Å². The maximum absolute atomic E-state index is 6.13. The standard InChI is InChI=1S/C11H19N3O2/c1-7(2)10-13-11(16-14-10)9(12)8-3-5-15-6-4-8/h7-9H,3-6,12H2,1-2H3/t9-/m0/s1. The Labute approximate surface area is 95.3 Å². The van der Waals surface area contributed by atoms with Crippen molar-refractivity contribution in [2.45, 2.75) is 38.6 Å². The lowest BCUT2D eigenvalue weighted by Gasteiger charge is -2.25. The minimum atomic E-state index is -0.149. The number of hydrogen-bond acceptors (Lipinski definition) is 5. The van der Waals surface area contributed by atoms with Gasteiger partial charge in [-0.05, 0) is 18.8 Å². The van der Waals surface area contributed by atoms with Crippen LogP contribution in [0.25, 0.3) is 0 Å². The van der Waals surface area contributed by atoms with Crippen LogP contribution < -0.4 is 5.73 Å². The van der Waals surface area contributed by atoms with Gasteiger partial charge < -0.3 is 15.0 Å². The molecule has 0 saturated carbocycles. The molecule has 5 heteroatoms. The second kappa shape index (κ2) is 4.93. The van der Waals surface area contributed by atoms with Crippen molar-refractivity contribution in [3.8, 4) is 0 Å². The topological polar surface area (TPSA) is 74.2 Å². The largest absolute Gasteiger partial charge is 0.381 e. The Morgan fingerprint density at radius 1 is 1.31 bits per heavy atom. The van der Waals surface area contributed by atoms with Crippen LogP contribution in [-0.4, -0.2) is 23.4 Å². The number of rotatable bonds is 3. The molecule has 0 spiro atoms. The molecule has 2 rings (SSSR count). The van der Waals surface area contributed by atoms with Gasteiger partial charge in [0.2, 0.25) is 5.89 Å². The van der Waals surface area contributed by atoms with Crippen LogP contribution >= 0.6 is 0 Å². The minimum absolute atomic E-state index is 0.149. The molecule has 1 aromatic rings. The Kier molecular flexibility index (Phi) is 3.56. The average molecular weight is 225 g/mol. The molecule has 0 unspecified atom stereocenters. The first kappa shape index (κ1) is 11.5. The van der Waals surface area contributed by atoms with Crippen molar-refractivity contribution in [3.05, 3.63) is 11.7 Å². The summed E-state index contributed by atoms with van der Waals surface area (Å²) in [5.41, 5.74) is 6.13. The first-order chi connectivity index (χ1) is 7.68. The predicted octanol–water partition coefficient (Wildman–Crippen LogP) is 1.62. The van der Waals surface area contributed by atoms with E-state index in [-0.39, 0.29) is 12.0 Å². The molecule has 0 aliphatic carbocycles. The molecule has 1 saturated heterocycles. The van der Waals surface area contributed by atoms with E-state index >= 15 is 0 Å². The van der Waals surface area contributed by atoms with Gasteiger partial charge in [0.15, 0.2) is 5.82 Å². The third kappa shape index (κ3) is 2.41. The van der Waals surface area contributed by atoms with Crippen molar-refractivity contribution in [1.82, 2.24) is 10.1 Å². The highest BCUT2D eigenvalue weighted by molar-refractivity contribution is 4.97. The van der Waals surface area contributed by atoms with Crippen LogP contribution in [0.3, 0.4) is 0 Å². The maximum Gasteiger partial charge on any atom is 0.243 e. The summed E-state index contributed by atoms with van der Waals surface area (Å²) in [5.74, 6) is 1.97. The summed E-state index contributed by atoms with van der Waals surface area (Å²) in [6.07, 6.45) is 1.95. The van der Waals surface area contributed by atoms with Gasteiger partial charge in [0.1, 0.15) is 0 Å². The molecule has 2 heterocycles. The zero-order valence-electron chi connectivity index (χ0n) is 9.85. The molecular weight excluding hydrogens is 206 g/mol. The summed E-state index contributed by atoms with van der Waals surface area (Å²) in [6.45, 7) is 5.64. The summed E-state index contributed by atoms with van der Waals surface area (Å²) in [7, 11) is 0. The molecule has 1 fully saturated rings. The quantitative estimate of drug-likeness (QED) is 0.846. The van der Waals surface area contributed by atoms with E-state index in [1.54, 1.807) is 0 Å². The smallest absolute Gasteiger partial charge is 0.243 e. The maximum atomic E-state index is 6.13. The van der Waals surface area contributed by atoms with Crippen molar-refractivity contribution in [2.24, 2.45) is 11.7 Å². The van der Waals surface area contributed by atoms with Crippen LogP contribution in [0.2, 0.25) is 0 Å². The highest BCUT2D eigenvalue weighted by Gasteiger charge is 2.26. The molecular formula is C11H19N3O2. The highest BCUT2D eigenvalue weighted by Crippen LogP contribution is 2.27. The third-order valence-electron chi connectivity index (χ3n) is 3.03. The lowest BCUT2D eigenvalue weighted by molar-refractivity contribution is 0.0546. The van der Waals surface area contributed by atoms with E-state index in [1.165, 1.54) is 0 Å². The number of nitrogens with two attached hydrogens (primary N) is 1. The third-order valence-corrected chi connectivity index (χ3v) is 3.03. The molecule has 0 bridgehead atoms. The summed E-state index contributed by atoms with van der Waals surface area (Å²) >= 11 is 0. The van der Waals surface area contributed by atoms with E-state index in [2.05, 4.69) is 10.1 Å². The van der Waals surface area contributed by atoms with Gasteiger partial charge in [-0.2, -0.15) is 4.98 Å². The Hall–Kier alpha value is -0.940. The van der Waals surface area contributed by atoms with E-state index in [4.69, 9.17) is 15.0 Å². The van der Waals surface area contributed by atoms with E-state index in [9.17, 15) is 0 Å². The first-order valence-corrected chi connectivity index (χ1v) is 5.85. The molecule has 0 radical (unpaired) electrons. The lowest BCUT2D eigenvalue weighted by atomic mass is 9.92. The number of nitrogens with zero attached hydrogens (tertiary/aromatic N) is 2. The number of ether oxygens (including phenoxy) is 1. The molecule has 0 amide bonds. The Morgan fingerprint density at radius 2 is 2.00 bits per heavy atom. The molecule has 90 valence electrons. The molecule has 16 heavy (non-hydrogen) atoms. The average Bonchev–Trinajstić information content (AvgIpc) is 2.78. The molecule has 1 aromatic heterocycles. The number of aromatic nitrogens is 2. The van der Waals surface area contributed by atoms with E-state index in [1.807, 2.05) is 13.8 Å². The van der Waals surface area contributed by atoms with Crippen LogP contribution in [0.4, 0.5) is 0 Å². The fourth-order valence-corrected chi connectivity index (χ4v) is 1.89. The summed E-state index contributed by atoms with van der Waals surface area (Å²) < 4.78 is 10.5. The van der Waals surface area contributed by atoms with Crippen LogP contribution in [0, 0.1) is 5.92 Å². The zero-order valence-corrected chi connectivity index (χ0v) is 9.85. The van der Waals surface area contributed by atoms with Gasteiger partial charge in [-0.3, -0.25) is 0 Å². The van der Waals surface area contributed by atoms with Crippen LogP contribution in [-0.2, 0) is 4.74 Å². The Balaban J connectivity index is 2.04. The Bertz CT molecular complexity index is 332. The van der Waals surface area contributed by atoms with Crippen LogP contribution in [0.1, 0.15) is 50.4 Å². The van der Waals surface area contributed by atoms with Crippen LogP contribution in [0.5, 0.6) is 0 Å². The molecule has 0 aromatic carbocycles. The van der Waals surface area contributed by atoms with Crippen molar-refractivity contribution in [1.29, 1.82) is 0 Å². The lowest BCUT2D eigenvalue weighted by Crippen LogP contribution is -2.27. The van der Waals surface area contributed by atoms with Crippen LogP contribution in [0.15, 0.2) is 4.52 Å². The van der Waals surface area contributed by atoms with Crippen molar-refractivity contribution in [2.75, 3.05) is 13.2 Å². The van der Waals surface area contributed by atoms with Gasteiger partial charge in [-0.25, -0.2) is 0 Å². The zero-order chi connectivity index (χ0) is 11.5. The summed E-state index contributed by atoms with van der Waals surface area (Å²) in [5, 5.41) is 3.93. The molecule has 5 nitrogen and oxygen atoms in total. The summed E-state index contributed by atoms with van der Waals surface area (Å²) in [6, 6.07) is -0.149. The van der Waals surface area contributed by atoms with Gasteiger partial charge in [0, 0.05) is 19.1 Å². The van der Waals surface area contributed by atoms with Gasteiger partial charge in [0.25, 0.3) is 0 Å². The van der Waals surface area contributed by atoms with E-state index < -0.39 is 0 Å². The molecule has 2 N–H and O–H groups in total. The predicted molar refractivity (Wildman–Crippen MR) is 58.9 cm³/mol. The minimum Gasteiger partial charge on any atom is -0.381 e. The summed E-state index contributed by atoms with van der Waals surface area (Å²) in [4.78, 5) is 4.34. The Morgan fingerprint density at radius 3 is 2.56 bits per heavy atom. The van der Waals surface area contributed by atoms with E-state index in [0.717, 1.165) is 31.9 Å². The van der Waals surface area contributed by atoms with Gasteiger partial charge >= 0.3 is 0 Å². The van der Waals surface area contributed by atoms with Crippen molar-refractivity contribution >= 4 is 0 Å². The first-order valence-electron chi connectivity index (χ1n) is 5.85. The molecule has 1 aliphatic heterocycles. The highest BCUT2D eigenvalue weighted by atomic mass is 16.5. The van der Waals surface area contributed by atoms with Gasteiger partial charge in [-0.15, -0.1) is 0 Å². The second-order valence-electron chi connectivity index (χ2n) is 4.62. The fraction of sp³-hybridized carbons (Fsp3) is 0.818. The van der Waals surface area contributed by atoms with Crippen molar-refractivity contribution < 1.29 is 9.26 Å².